The normalized spacial score (nSPS) is 25.5. The second kappa shape index (κ2) is 6.16. The summed E-state index contributed by atoms with van der Waals surface area (Å²) < 4.78 is 4.99. The van der Waals surface area contributed by atoms with Gasteiger partial charge in [-0.1, -0.05) is 5.16 Å². The number of aryl methyl sites for hydroxylation is 1. The van der Waals surface area contributed by atoms with Crippen molar-refractivity contribution in [2.45, 2.75) is 38.8 Å². The predicted molar refractivity (Wildman–Crippen MR) is 83.7 cm³/mol. The lowest BCUT2D eigenvalue weighted by atomic mass is 10.1. The molecule has 24 heavy (non-hydrogen) atoms. The van der Waals surface area contributed by atoms with Gasteiger partial charge in [0, 0.05) is 52.1 Å². The summed E-state index contributed by atoms with van der Waals surface area (Å²) in [6.45, 7) is 6.04. The van der Waals surface area contributed by atoms with E-state index in [1.54, 1.807) is 6.92 Å². The molecule has 0 aromatic carbocycles. The molecule has 3 heterocycles. The molecule has 0 N–H and O–H groups in total. The van der Waals surface area contributed by atoms with Crippen LogP contribution in [0.2, 0.25) is 0 Å². The van der Waals surface area contributed by atoms with E-state index in [4.69, 9.17) is 4.52 Å². The standard InChI is InChI=1S/C16H23N5O3/c1-11-17-14(18-24-11)10-19-4-6-20(7-5-19)16(23)12-8-15(22)21(9-12)13-2-3-13/h12-13H,2-10H2,1H3/t12-/m1/s1. The SMILES string of the molecule is Cc1nc(CN2CCN(C(=O)[C@@H]3CC(=O)N(C4CC4)C3)CC2)no1. The smallest absolute Gasteiger partial charge is 0.228 e. The van der Waals surface area contributed by atoms with E-state index in [0.717, 1.165) is 25.9 Å². The molecular weight excluding hydrogens is 310 g/mol. The fraction of sp³-hybridized carbons (Fsp3) is 0.750. The lowest BCUT2D eigenvalue weighted by Gasteiger charge is -2.35. The molecule has 4 rings (SSSR count). The first-order valence-corrected chi connectivity index (χ1v) is 8.70. The van der Waals surface area contributed by atoms with Gasteiger partial charge >= 0.3 is 0 Å². The molecule has 3 aliphatic rings. The molecule has 3 fully saturated rings. The minimum absolute atomic E-state index is 0.140. The third-order valence-corrected chi connectivity index (χ3v) is 5.11. The number of carbonyl (C=O) groups excluding carboxylic acids is 2. The van der Waals surface area contributed by atoms with Crippen LogP contribution in [0.3, 0.4) is 0 Å². The Labute approximate surface area is 140 Å². The van der Waals surface area contributed by atoms with E-state index in [9.17, 15) is 9.59 Å². The van der Waals surface area contributed by atoms with Crippen LogP contribution in [0, 0.1) is 12.8 Å². The number of piperazine rings is 1. The highest BCUT2D eigenvalue weighted by Crippen LogP contribution is 2.33. The van der Waals surface area contributed by atoms with Crippen molar-refractivity contribution in [2.24, 2.45) is 5.92 Å². The van der Waals surface area contributed by atoms with Crippen molar-refractivity contribution < 1.29 is 14.1 Å². The Morgan fingerprint density at radius 1 is 1.25 bits per heavy atom. The minimum Gasteiger partial charge on any atom is -0.340 e. The van der Waals surface area contributed by atoms with E-state index >= 15 is 0 Å². The van der Waals surface area contributed by atoms with Crippen molar-refractivity contribution in [3.63, 3.8) is 0 Å². The summed E-state index contributed by atoms with van der Waals surface area (Å²) in [4.78, 5) is 35.0. The number of carbonyl (C=O) groups is 2. The van der Waals surface area contributed by atoms with Gasteiger partial charge in [-0.15, -0.1) is 0 Å². The zero-order valence-electron chi connectivity index (χ0n) is 14.0. The Kier molecular flexibility index (Phi) is 3.99. The van der Waals surface area contributed by atoms with Gasteiger partial charge < -0.3 is 14.3 Å². The largest absolute Gasteiger partial charge is 0.340 e. The summed E-state index contributed by atoms with van der Waals surface area (Å²) in [6, 6.07) is 0.408. The summed E-state index contributed by atoms with van der Waals surface area (Å²) in [6.07, 6.45) is 2.58. The predicted octanol–water partition coefficient (Wildman–Crippen LogP) is 0.0331. The summed E-state index contributed by atoms with van der Waals surface area (Å²) in [5.41, 5.74) is 0. The first-order valence-electron chi connectivity index (χ1n) is 8.70. The van der Waals surface area contributed by atoms with Crippen LogP contribution in [-0.2, 0) is 16.1 Å². The van der Waals surface area contributed by atoms with Crippen LogP contribution < -0.4 is 0 Å². The quantitative estimate of drug-likeness (QED) is 0.773. The first kappa shape index (κ1) is 15.6. The van der Waals surface area contributed by atoms with Crippen LogP contribution >= 0.6 is 0 Å². The van der Waals surface area contributed by atoms with Crippen LogP contribution in [-0.4, -0.2) is 75.4 Å². The number of likely N-dealkylation sites (tertiary alicyclic amines) is 1. The molecule has 0 bridgehead atoms. The van der Waals surface area contributed by atoms with E-state index in [1.807, 2.05) is 9.80 Å². The Bertz CT molecular complexity index is 633. The van der Waals surface area contributed by atoms with Crippen LogP contribution in [0.15, 0.2) is 4.52 Å². The average molecular weight is 333 g/mol. The average Bonchev–Trinajstić information content (AvgIpc) is 3.23. The van der Waals surface area contributed by atoms with Gasteiger partial charge in [0.25, 0.3) is 0 Å². The van der Waals surface area contributed by atoms with E-state index in [0.29, 0.717) is 50.4 Å². The highest BCUT2D eigenvalue weighted by Gasteiger charge is 2.43. The Balaban J connectivity index is 1.27. The zero-order chi connectivity index (χ0) is 16.7. The summed E-state index contributed by atoms with van der Waals surface area (Å²) in [5.74, 6) is 1.41. The number of rotatable bonds is 4. The maximum Gasteiger partial charge on any atom is 0.228 e. The summed E-state index contributed by atoms with van der Waals surface area (Å²) in [7, 11) is 0. The molecule has 0 unspecified atom stereocenters. The van der Waals surface area contributed by atoms with E-state index in [-0.39, 0.29) is 17.7 Å². The summed E-state index contributed by atoms with van der Waals surface area (Å²) in [5, 5.41) is 3.91. The van der Waals surface area contributed by atoms with Gasteiger partial charge in [0.05, 0.1) is 12.5 Å². The van der Waals surface area contributed by atoms with Crippen LogP contribution in [0.25, 0.3) is 0 Å². The lowest BCUT2D eigenvalue weighted by Crippen LogP contribution is -2.50. The molecule has 1 saturated carbocycles. The monoisotopic (exact) mass is 333 g/mol. The van der Waals surface area contributed by atoms with Crippen LogP contribution in [0.4, 0.5) is 0 Å². The molecule has 8 nitrogen and oxygen atoms in total. The van der Waals surface area contributed by atoms with E-state index in [2.05, 4.69) is 15.0 Å². The lowest BCUT2D eigenvalue weighted by molar-refractivity contribution is -0.137. The molecule has 2 amide bonds. The number of aromatic nitrogens is 2. The topological polar surface area (TPSA) is 82.8 Å². The van der Waals surface area contributed by atoms with E-state index < -0.39 is 0 Å². The molecule has 2 aliphatic heterocycles. The molecule has 1 aliphatic carbocycles. The number of hydrogen-bond donors (Lipinski definition) is 0. The number of amides is 2. The third kappa shape index (κ3) is 3.15. The van der Waals surface area contributed by atoms with Gasteiger partial charge in [0.1, 0.15) is 0 Å². The first-order chi connectivity index (χ1) is 11.6. The second-order valence-corrected chi connectivity index (χ2v) is 7.01. The highest BCUT2D eigenvalue weighted by atomic mass is 16.5. The van der Waals surface area contributed by atoms with E-state index in [1.165, 1.54) is 0 Å². The number of nitrogens with zero attached hydrogens (tertiary/aromatic N) is 5. The molecule has 1 aromatic rings. The van der Waals surface area contributed by atoms with Gasteiger partial charge in [-0.05, 0) is 12.8 Å². The molecule has 1 atom stereocenters. The van der Waals surface area contributed by atoms with Crippen molar-refractivity contribution in [3.05, 3.63) is 11.7 Å². The van der Waals surface area contributed by atoms with Crippen LogP contribution in [0.5, 0.6) is 0 Å². The molecule has 8 heteroatoms. The maximum atomic E-state index is 12.7. The van der Waals surface area contributed by atoms with Gasteiger partial charge in [-0.2, -0.15) is 4.98 Å². The fourth-order valence-corrected chi connectivity index (χ4v) is 3.63. The molecule has 2 saturated heterocycles. The molecule has 1 aromatic heterocycles. The van der Waals surface area contributed by atoms with Crippen molar-refractivity contribution in [3.8, 4) is 0 Å². The Hall–Kier alpha value is -1.96. The highest BCUT2D eigenvalue weighted by molar-refractivity contribution is 5.89. The van der Waals surface area contributed by atoms with Gasteiger partial charge in [-0.25, -0.2) is 0 Å². The molecule has 0 spiro atoms. The van der Waals surface area contributed by atoms with Crippen LogP contribution in [0.1, 0.15) is 31.0 Å². The number of hydrogen-bond acceptors (Lipinski definition) is 6. The third-order valence-electron chi connectivity index (χ3n) is 5.11. The molecule has 130 valence electrons. The van der Waals surface area contributed by atoms with Crippen molar-refractivity contribution in [2.75, 3.05) is 32.7 Å². The van der Waals surface area contributed by atoms with Crippen molar-refractivity contribution in [1.82, 2.24) is 24.8 Å². The zero-order valence-corrected chi connectivity index (χ0v) is 14.0. The van der Waals surface area contributed by atoms with Crippen molar-refractivity contribution >= 4 is 11.8 Å². The minimum atomic E-state index is -0.149. The fourth-order valence-electron chi connectivity index (χ4n) is 3.63. The Morgan fingerprint density at radius 3 is 2.62 bits per heavy atom. The molecule has 0 radical (unpaired) electrons. The summed E-state index contributed by atoms with van der Waals surface area (Å²) >= 11 is 0. The maximum absolute atomic E-state index is 12.7. The van der Waals surface area contributed by atoms with Gasteiger partial charge in [0.2, 0.25) is 17.7 Å². The molecular formula is C16H23N5O3. The second-order valence-electron chi connectivity index (χ2n) is 7.01. The van der Waals surface area contributed by atoms with Gasteiger partial charge in [0.15, 0.2) is 5.82 Å². The Morgan fingerprint density at radius 2 is 2.00 bits per heavy atom. The van der Waals surface area contributed by atoms with Gasteiger partial charge in [-0.3, -0.25) is 14.5 Å². The van der Waals surface area contributed by atoms with Crippen molar-refractivity contribution in [1.29, 1.82) is 0 Å².